The number of halogens is 3. The van der Waals surface area contributed by atoms with Crippen LogP contribution in [0.2, 0.25) is 0 Å². The summed E-state index contributed by atoms with van der Waals surface area (Å²) in [7, 11) is 0. The van der Waals surface area contributed by atoms with Crippen LogP contribution in [0.25, 0.3) is 0 Å². The van der Waals surface area contributed by atoms with Gasteiger partial charge in [-0.1, -0.05) is 0 Å². The second-order valence-electron chi connectivity index (χ2n) is 5.68. The molecule has 1 aromatic rings. The van der Waals surface area contributed by atoms with Gasteiger partial charge >= 0.3 is 18.0 Å². The van der Waals surface area contributed by atoms with Gasteiger partial charge in [0.1, 0.15) is 0 Å². The number of piperazine rings is 1. The minimum Gasteiger partial charge on any atom is -0.352 e. The lowest BCUT2D eigenvalue weighted by Gasteiger charge is -2.34. The van der Waals surface area contributed by atoms with Crippen molar-refractivity contribution in [2.24, 2.45) is 0 Å². The number of nitrogens with zero attached hydrogens (tertiary/aromatic N) is 4. The van der Waals surface area contributed by atoms with E-state index in [0.29, 0.717) is 18.9 Å². The fraction of sp³-hybridized carbons (Fsp3) is 0.571. The van der Waals surface area contributed by atoms with Crippen molar-refractivity contribution in [1.82, 2.24) is 20.4 Å². The maximum atomic E-state index is 12.5. The van der Waals surface area contributed by atoms with E-state index in [1.165, 1.54) is 11.0 Å². The fourth-order valence-corrected chi connectivity index (χ4v) is 2.25. The van der Waals surface area contributed by atoms with E-state index in [1.54, 1.807) is 18.7 Å². The van der Waals surface area contributed by atoms with E-state index in [4.69, 9.17) is 0 Å². The molecule has 0 unspecified atom stereocenters. The van der Waals surface area contributed by atoms with E-state index in [1.807, 2.05) is 0 Å². The lowest BCUT2D eigenvalue weighted by atomic mass is 10.2. The van der Waals surface area contributed by atoms with Gasteiger partial charge in [0.2, 0.25) is 0 Å². The summed E-state index contributed by atoms with van der Waals surface area (Å²) in [6, 6.07) is 1.99. The predicted molar refractivity (Wildman–Crippen MR) is 79.1 cm³/mol. The fourth-order valence-electron chi connectivity index (χ4n) is 2.25. The number of rotatable bonds is 2. The summed E-state index contributed by atoms with van der Waals surface area (Å²) in [6.07, 6.45) is -4.53. The molecule has 1 aromatic heterocycles. The molecule has 1 saturated heterocycles. The average molecular weight is 345 g/mol. The van der Waals surface area contributed by atoms with Gasteiger partial charge in [0.15, 0.2) is 11.5 Å². The van der Waals surface area contributed by atoms with E-state index in [9.17, 15) is 22.8 Å². The molecular formula is C14H18F3N5O2. The van der Waals surface area contributed by atoms with E-state index in [-0.39, 0.29) is 19.1 Å². The van der Waals surface area contributed by atoms with Crippen LogP contribution in [0, 0.1) is 0 Å². The second kappa shape index (κ2) is 7.02. The summed E-state index contributed by atoms with van der Waals surface area (Å²) in [5.74, 6) is -0.962. The number of nitrogens with one attached hydrogen (secondary N) is 1. The number of alkyl halides is 3. The molecule has 0 aromatic carbocycles. The predicted octanol–water partition coefficient (Wildman–Crippen LogP) is 0.669. The van der Waals surface area contributed by atoms with E-state index in [2.05, 4.69) is 15.5 Å². The molecule has 0 bridgehead atoms. The van der Waals surface area contributed by atoms with Gasteiger partial charge in [-0.05, 0) is 26.0 Å². The van der Waals surface area contributed by atoms with Crippen molar-refractivity contribution in [1.29, 1.82) is 0 Å². The highest BCUT2D eigenvalue weighted by Crippen LogP contribution is 2.27. The molecule has 0 radical (unpaired) electrons. The molecule has 10 heteroatoms. The molecule has 2 amide bonds. The molecular weight excluding hydrogens is 327 g/mol. The van der Waals surface area contributed by atoms with Gasteiger partial charge in [-0.3, -0.25) is 9.59 Å². The SMILES string of the molecule is CC(C)NC(=O)C(=O)N1CCN(c2ccc(C(F)(F)F)nn2)CC1. The molecule has 2 heterocycles. The second-order valence-corrected chi connectivity index (χ2v) is 5.68. The largest absolute Gasteiger partial charge is 0.435 e. The van der Waals surface area contributed by atoms with Gasteiger partial charge in [0.25, 0.3) is 0 Å². The zero-order valence-electron chi connectivity index (χ0n) is 13.3. The van der Waals surface area contributed by atoms with Gasteiger partial charge in [-0.25, -0.2) is 0 Å². The molecule has 0 saturated carbocycles. The highest BCUT2D eigenvalue weighted by molar-refractivity contribution is 6.35. The molecule has 1 aliphatic heterocycles. The van der Waals surface area contributed by atoms with Gasteiger partial charge in [-0.2, -0.15) is 13.2 Å². The molecule has 7 nitrogen and oxygen atoms in total. The number of anilines is 1. The quantitative estimate of drug-likeness (QED) is 0.797. The van der Waals surface area contributed by atoms with E-state index >= 15 is 0 Å². The summed E-state index contributed by atoms with van der Waals surface area (Å²) in [4.78, 5) is 26.8. The van der Waals surface area contributed by atoms with Crippen molar-refractivity contribution < 1.29 is 22.8 Å². The summed E-state index contributed by atoms with van der Waals surface area (Å²) in [6.45, 7) is 4.81. The number of carbonyl (C=O) groups is 2. The molecule has 24 heavy (non-hydrogen) atoms. The van der Waals surface area contributed by atoms with Crippen LogP contribution < -0.4 is 10.2 Å². The Morgan fingerprint density at radius 3 is 2.21 bits per heavy atom. The third-order valence-corrected chi connectivity index (χ3v) is 3.45. The molecule has 0 atom stereocenters. The Morgan fingerprint density at radius 2 is 1.75 bits per heavy atom. The van der Waals surface area contributed by atoms with Crippen LogP contribution in [0.3, 0.4) is 0 Å². The smallest absolute Gasteiger partial charge is 0.352 e. The number of amides is 2. The summed E-state index contributed by atoms with van der Waals surface area (Å²) >= 11 is 0. The summed E-state index contributed by atoms with van der Waals surface area (Å²) in [5, 5.41) is 9.30. The first-order valence-corrected chi connectivity index (χ1v) is 7.44. The molecule has 132 valence electrons. The molecule has 1 N–H and O–H groups in total. The first kappa shape index (κ1) is 18.0. The van der Waals surface area contributed by atoms with Crippen molar-refractivity contribution in [2.45, 2.75) is 26.1 Å². The Hall–Kier alpha value is -2.39. The summed E-state index contributed by atoms with van der Waals surface area (Å²) in [5.41, 5.74) is -1.05. The molecule has 1 fully saturated rings. The van der Waals surface area contributed by atoms with E-state index < -0.39 is 23.7 Å². The molecule has 2 rings (SSSR count). The zero-order chi connectivity index (χ0) is 17.9. The van der Waals surface area contributed by atoms with Crippen LogP contribution >= 0.6 is 0 Å². The van der Waals surface area contributed by atoms with Gasteiger partial charge in [0, 0.05) is 32.2 Å². The maximum Gasteiger partial charge on any atom is 0.435 e. The zero-order valence-corrected chi connectivity index (χ0v) is 13.3. The number of aromatic nitrogens is 2. The summed E-state index contributed by atoms with van der Waals surface area (Å²) < 4.78 is 37.4. The lowest BCUT2D eigenvalue weighted by molar-refractivity contribution is -0.146. The third-order valence-electron chi connectivity index (χ3n) is 3.45. The molecule has 0 aliphatic carbocycles. The minimum atomic E-state index is -4.53. The Morgan fingerprint density at radius 1 is 1.12 bits per heavy atom. The molecule has 1 aliphatic rings. The van der Waals surface area contributed by atoms with Crippen molar-refractivity contribution in [2.75, 3.05) is 31.1 Å². The first-order valence-electron chi connectivity index (χ1n) is 7.44. The standard InChI is InChI=1S/C14H18F3N5O2/c1-9(2)18-12(23)13(24)22-7-5-21(6-8-22)11-4-3-10(19-20-11)14(15,16)17/h3-4,9H,5-8H2,1-2H3,(H,18,23). The van der Waals surface area contributed by atoms with Crippen LogP contribution in [-0.2, 0) is 15.8 Å². The number of carbonyl (C=O) groups excluding carboxylic acids is 2. The lowest BCUT2D eigenvalue weighted by Crippen LogP contribution is -2.53. The highest BCUT2D eigenvalue weighted by atomic mass is 19.4. The van der Waals surface area contributed by atoms with Crippen LogP contribution in [-0.4, -0.2) is 59.1 Å². The van der Waals surface area contributed by atoms with E-state index in [0.717, 1.165) is 6.07 Å². The van der Waals surface area contributed by atoms with Crippen LogP contribution in [0.1, 0.15) is 19.5 Å². The molecule has 0 spiro atoms. The van der Waals surface area contributed by atoms with Crippen LogP contribution in [0.4, 0.5) is 19.0 Å². The Kier molecular flexibility index (Phi) is 5.25. The first-order chi connectivity index (χ1) is 11.2. The van der Waals surface area contributed by atoms with Gasteiger partial charge in [-0.15, -0.1) is 10.2 Å². The highest BCUT2D eigenvalue weighted by Gasteiger charge is 2.33. The topological polar surface area (TPSA) is 78.4 Å². The van der Waals surface area contributed by atoms with Crippen LogP contribution in [0.15, 0.2) is 12.1 Å². The Balaban J connectivity index is 1.93. The van der Waals surface area contributed by atoms with Gasteiger partial charge in [0.05, 0.1) is 0 Å². The third kappa shape index (κ3) is 4.33. The normalized spacial score (nSPS) is 15.6. The Labute approximate surface area is 136 Å². The van der Waals surface area contributed by atoms with Crippen molar-refractivity contribution >= 4 is 17.6 Å². The number of hydrogen-bond donors (Lipinski definition) is 1. The van der Waals surface area contributed by atoms with Gasteiger partial charge < -0.3 is 15.1 Å². The number of hydrogen-bond acceptors (Lipinski definition) is 5. The van der Waals surface area contributed by atoms with Crippen molar-refractivity contribution in [3.8, 4) is 0 Å². The minimum absolute atomic E-state index is 0.134. The van der Waals surface area contributed by atoms with Crippen LogP contribution in [0.5, 0.6) is 0 Å². The van der Waals surface area contributed by atoms with Crippen molar-refractivity contribution in [3.05, 3.63) is 17.8 Å². The Bertz CT molecular complexity index is 595. The monoisotopic (exact) mass is 345 g/mol. The average Bonchev–Trinajstić information content (AvgIpc) is 2.53. The van der Waals surface area contributed by atoms with Crippen molar-refractivity contribution in [3.63, 3.8) is 0 Å². The maximum absolute atomic E-state index is 12.5.